The first-order chi connectivity index (χ1) is 17.3. The van der Waals surface area contributed by atoms with E-state index in [-0.39, 0.29) is 0 Å². The van der Waals surface area contributed by atoms with Crippen molar-refractivity contribution in [1.29, 1.82) is 0 Å². The summed E-state index contributed by atoms with van der Waals surface area (Å²) in [6.07, 6.45) is -13.4. The van der Waals surface area contributed by atoms with E-state index in [1.807, 2.05) is 0 Å². The summed E-state index contributed by atoms with van der Waals surface area (Å²) in [6.45, 7) is 11.2. The maximum atomic E-state index is 14.3. The molecule has 0 aliphatic rings. The quantitative estimate of drug-likeness (QED) is 0.0944. The van der Waals surface area contributed by atoms with Gasteiger partial charge in [-0.05, 0) is 58.4 Å². The van der Waals surface area contributed by atoms with E-state index in [1.165, 1.54) is 39.3 Å². The Kier molecular flexibility index (Phi) is 12.5. The van der Waals surface area contributed by atoms with Crippen LogP contribution in [0.25, 0.3) is 0 Å². The Bertz CT molecular complexity index is 917. The van der Waals surface area contributed by atoms with E-state index in [4.69, 9.17) is 49.7 Å². The van der Waals surface area contributed by atoms with Gasteiger partial charge in [0.1, 0.15) is 0 Å². The molecule has 4 nitrogen and oxygen atoms in total. The lowest BCUT2D eigenvalue weighted by molar-refractivity contribution is -0.439. The smallest absolute Gasteiger partial charge is 0.436 e. The molecule has 0 aromatic heterocycles. The van der Waals surface area contributed by atoms with Crippen LogP contribution in [0.15, 0.2) is 0 Å². The highest BCUT2D eigenvalue weighted by Gasteiger charge is 2.90. The summed E-state index contributed by atoms with van der Waals surface area (Å²) < 4.78 is 197. The molecule has 0 heterocycles. The van der Waals surface area contributed by atoms with Gasteiger partial charge in [0.25, 0.3) is 0 Å². The molecule has 0 rings (SSSR count). The molecule has 25 heteroatoms. The van der Waals surface area contributed by atoms with Gasteiger partial charge in [0.05, 0.1) is 0 Å². The summed E-state index contributed by atoms with van der Waals surface area (Å²) in [4.78, 5) is 0. The fourth-order valence-electron chi connectivity index (χ4n) is 3.66. The van der Waals surface area contributed by atoms with Crippen LogP contribution in [0, 0.1) is 0 Å². The molecular weight excluding hydrogens is 750 g/mol. The minimum atomic E-state index is -7.94. The largest absolute Gasteiger partial charge is 0.485 e. The molecule has 0 spiro atoms. The van der Waals surface area contributed by atoms with Gasteiger partial charge in [-0.1, -0.05) is 33.2 Å². The zero-order valence-corrected chi connectivity index (χ0v) is 29.9. The van der Waals surface area contributed by atoms with Crippen molar-refractivity contribution in [2.75, 3.05) is 0 Å². The Balaban J connectivity index is 5.83. The average molecular weight is 778 g/mol. The summed E-state index contributed by atoms with van der Waals surface area (Å²) in [5.74, 6) is -37.0. The van der Waals surface area contributed by atoms with Crippen LogP contribution in [0.2, 0.25) is 58.4 Å². The first-order valence-corrected chi connectivity index (χ1v) is 27.6. The van der Waals surface area contributed by atoms with Gasteiger partial charge in [0.2, 0.25) is 0 Å². The average Bonchev–Trinajstić information content (AvgIpc) is 2.59. The van der Waals surface area contributed by atoms with Gasteiger partial charge in [-0.25, -0.2) is 0 Å². The molecule has 0 aromatic carbocycles. The highest BCUT2D eigenvalue weighted by molar-refractivity contribution is 7.62. The van der Waals surface area contributed by atoms with Crippen LogP contribution in [0.1, 0.15) is 6.42 Å². The van der Waals surface area contributed by atoms with E-state index in [2.05, 4.69) is 0 Å². The van der Waals surface area contributed by atoms with E-state index >= 15 is 0 Å². The molecule has 0 saturated heterocycles. The second-order valence-corrected chi connectivity index (χ2v) is 33.9. The van der Waals surface area contributed by atoms with E-state index in [9.17, 15) is 57.1 Å². The molecule has 0 aliphatic carbocycles. The summed E-state index contributed by atoms with van der Waals surface area (Å²) in [5, 5.41) is 0. The van der Waals surface area contributed by atoms with Crippen LogP contribution in [-0.2, 0) is 16.5 Å². The van der Waals surface area contributed by atoms with Crippen molar-refractivity contribution < 1.29 is 73.5 Å². The number of rotatable bonds is 15. The van der Waals surface area contributed by atoms with Gasteiger partial charge >= 0.3 is 67.7 Å². The Morgan fingerprint density at radius 1 is 0.463 bits per heavy atom. The second kappa shape index (κ2) is 12.2. The second-order valence-electron chi connectivity index (χ2n) is 10.8. The monoisotopic (exact) mass is 776 g/mol. The SMILES string of the molecule is C[Si](C)(CCC(F)(F)C(F)(F)C(F)(F)C(F)(F)C(F)(F)C(F)(F)F)O[Si](C)(C)O[Si](C)(C)O[Si](C)(C)O[Si](Cl)(Cl)Cl. The van der Waals surface area contributed by atoms with Crippen LogP contribution >= 0.6 is 33.2 Å². The van der Waals surface area contributed by atoms with Crippen molar-refractivity contribution in [2.45, 2.75) is 101 Å². The third-order valence-corrected chi connectivity index (χ3v) is 23.4. The molecule has 0 atom stereocenters. The summed E-state index contributed by atoms with van der Waals surface area (Å²) >= 11 is 17.2. The molecule has 0 fully saturated rings. The number of alkyl halides is 13. The van der Waals surface area contributed by atoms with E-state index in [0.717, 1.165) is 13.1 Å². The number of hydrogen-bond donors (Lipinski definition) is 0. The van der Waals surface area contributed by atoms with Crippen molar-refractivity contribution in [3.8, 4) is 0 Å². The highest BCUT2D eigenvalue weighted by Crippen LogP contribution is 2.61. The lowest BCUT2D eigenvalue weighted by atomic mass is 9.93. The van der Waals surface area contributed by atoms with Crippen LogP contribution in [0.4, 0.5) is 57.1 Å². The predicted octanol–water partition coefficient (Wildman–Crippen LogP) is 9.64. The van der Waals surface area contributed by atoms with Crippen molar-refractivity contribution in [2.24, 2.45) is 0 Å². The lowest BCUT2D eigenvalue weighted by Crippen LogP contribution is -2.70. The minimum absolute atomic E-state index is 1.15. The molecule has 0 unspecified atom stereocenters. The molecule has 248 valence electrons. The van der Waals surface area contributed by atoms with E-state index in [1.54, 1.807) is 0 Å². The van der Waals surface area contributed by atoms with E-state index < -0.39 is 88.5 Å². The molecule has 41 heavy (non-hydrogen) atoms. The summed E-state index contributed by atoms with van der Waals surface area (Å²) in [6, 6.07) is -1.16. The van der Waals surface area contributed by atoms with Gasteiger partial charge in [-0.3, -0.25) is 0 Å². The van der Waals surface area contributed by atoms with Crippen LogP contribution in [-0.4, -0.2) is 76.0 Å². The summed E-state index contributed by atoms with van der Waals surface area (Å²) in [5.41, 5.74) is 0. The molecule has 0 radical (unpaired) electrons. The van der Waals surface area contributed by atoms with E-state index in [0.29, 0.717) is 0 Å². The van der Waals surface area contributed by atoms with Gasteiger partial charge in [-0.15, -0.1) is 0 Å². The van der Waals surface area contributed by atoms with Crippen LogP contribution < -0.4 is 0 Å². The minimum Gasteiger partial charge on any atom is -0.436 e. The fourth-order valence-corrected chi connectivity index (χ4v) is 28.6. The highest BCUT2D eigenvalue weighted by atomic mass is 35.8. The van der Waals surface area contributed by atoms with Gasteiger partial charge < -0.3 is 16.5 Å². The van der Waals surface area contributed by atoms with Crippen LogP contribution in [0.5, 0.6) is 0 Å². The van der Waals surface area contributed by atoms with Gasteiger partial charge in [-0.2, -0.15) is 57.1 Å². The van der Waals surface area contributed by atoms with Crippen molar-refractivity contribution >= 4 is 73.5 Å². The Morgan fingerprint density at radius 2 is 0.780 bits per heavy atom. The van der Waals surface area contributed by atoms with Crippen molar-refractivity contribution in [3.05, 3.63) is 0 Å². The standard InChI is InChI=1S/C16H28Cl3F13O4Si5/c1-37(2,33-38(3,4)34-39(5,6)35-40(7,8)36-41(17,18)19)10-9-11(20,21)12(22,23)13(24,25)14(26,27)15(28,29)16(30,31)32/h9-10H2,1-8H3. The lowest BCUT2D eigenvalue weighted by Gasteiger charge is -2.42. The molecule has 0 amide bonds. The zero-order valence-electron chi connectivity index (χ0n) is 22.6. The van der Waals surface area contributed by atoms with Crippen molar-refractivity contribution in [3.63, 3.8) is 0 Å². The maximum Gasteiger partial charge on any atom is 0.485 e. The maximum absolute atomic E-state index is 14.3. The molecule has 0 aliphatic heterocycles. The Morgan fingerprint density at radius 3 is 1.12 bits per heavy atom. The third-order valence-electron chi connectivity index (χ3n) is 4.91. The molecule has 0 bridgehead atoms. The first kappa shape index (κ1) is 41.9. The Hall–Kier alpha value is 0.884. The molecule has 0 N–H and O–H groups in total. The molecule has 0 aromatic rings. The fraction of sp³-hybridized carbons (Fsp3) is 1.00. The topological polar surface area (TPSA) is 36.9 Å². The Labute approximate surface area is 247 Å². The first-order valence-electron chi connectivity index (χ1n) is 11.1. The normalized spacial score (nSPS) is 16.4. The van der Waals surface area contributed by atoms with Gasteiger partial charge in [0, 0.05) is 6.42 Å². The van der Waals surface area contributed by atoms with Crippen molar-refractivity contribution in [1.82, 2.24) is 0 Å². The number of halogens is 16. The molecule has 0 saturated carbocycles. The third kappa shape index (κ3) is 10.5. The van der Waals surface area contributed by atoms with Crippen LogP contribution in [0.3, 0.4) is 0 Å². The predicted molar refractivity (Wildman–Crippen MR) is 138 cm³/mol. The summed E-state index contributed by atoms with van der Waals surface area (Å²) in [7, 11) is -13.4. The zero-order chi connectivity index (χ0) is 33.7. The van der Waals surface area contributed by atoms with Gasteiger partial charge in [0.15, 0.2) is 8.32 Å². The number of hydrogen-bond acceptors (Lipinski definition) is 4. The molecular formula is C16H28Cl3F13O4Si5.